The van der Waals surface area contributed by atoms with Gasteiger partial charge < -0.3 is 12.1 Å². The summed E-state index contributed by atoms with van der Waals surface area (Å²) in [7, 11) is 0. The van der Waals surface area contributed by atoms with Crippen LogP contribution in [0.3, 0.4) is 0 Å². The van der Waals surface area contributed by atoms with Crippen molar-refractivity contribution in [3.05, 3.63) is 35.4 Å². The zero-order valence-electron chi connectivity index (χ0n) is 7.15. The van der Waals surface area contributed by atoms with E-state index in [2.05, 4.69) is 12.1 Å². The number of hydrogen-bond acceptors (Lipinski definition) is 0. The third kappa shape index (κ3) is 6.06. The van der Waals surface area contributed by atoms with E-state index in [1.807, 2.05) is 26.0 Å². The summed E-state index contributed by atoms with van der Waals surface area (Å²) in [6.07, 6.45) is 0. The predicted octanol–water partition coefficient (Wildman–Crippen LogP) is -4.09. The van der Waals surface area contributed by atoms with Crippen LogP contribution >= 0.6 is 0 Å². The first-order valence-corrected chi connectivity index (χ1v) is 2.65. The molecule has 0 atom stereocenters. The predicted molar refractivity (Wildman–Crippen MR) is 33.6 cm³/mol. The number of benzene rings is 1. The van der Waals surface area contributed by atoms with Crippen molar-refractivity contribution in [1.29, 1.82) is 0 Å². The fourth-order valence-electron chi connectivity index (χ4n) is 0.675. The van der Waals surface area contributed by atoms with Crippen molar-refractivity contribution in [2.45, 2.75) is 13.8 Å². The molecule has 0 aliphatic rings. The summed E-state index contributed by atoms with van der Waals surface area (Å²) in [4.78, 5) is 0. The van der Waals surface area contributed by atoms with Crippen molar-refractivity contribution in [2.24, 2.45) is 0 Å². The SMILES string of the molecule is Cc1[c-]c(C)c[c-]c1.[K+].[K+]. The fraction of sp³-hybridized carbons (Fsp3) is 0.250. The molecule has 0 N–H and O–H groups in total. The molecule has 0 aliphatic heterocycles. The van der Waals surface area contributed by atoms with Crippen molar-refractivity contribution in [2.75, 3.05) is 0 Å². The Bertz CT molecular complexity index is 167. The third-order valence-corrected chi connectivity index (χ3v) is 0.994. The van der Waals surface area contributed by atoms with Crippen LogP contribution in [0.2, 0.25) is 0 Å². The van der Waals surface area contributed by atoms with E-state index in [1.54, 1.807) is 0 Å². The molecule has 10 heavy (non-hydrogen) atoms. The zero-order valence-corrected chi connectivity index (χ0v) is 13.4. The van der Waals surface area contributed by atoms with Gasteiger partial charge in [0.1, 0.15) is 0 Å². The minimum Gasteiger partial charge on any atom is -0.319 e. The molecule has 0 nitrogen and oxygen atoms in total. The summed E-state index contributed by atoms with van der Waals surface area (Å²) in [5.74, 6) is 0. The first-order chi connectivity index (χ1) is 3.79. The van der Waals surface area contributed by atoms with Gasteiger partial charge in [-0.2, -0.15) is 0 Å². The largest absolute Gasteiger partial charge is 1.00 e. The Morgan fingerprint density at radius 3 is 1.60 bits per heavy atom. The van der Waals surface area contributed by atoms with Crippen molar-refractivity contribution in [3.63, 3.8) is 0 Å². The fourth-order valence-corrected chi connectivity index (χ4v) is 0.675. The van der Waals surface area contributed by atoms with Gasteiger partial charge in [0.05, 0.1) is 0 Å². The van der Waals surface area contributed by atoms with Gasteiger partial charge >= 0.3 is 103 Å². The Morgan fingerprint density at radius 2 is 1.40 bits per heavy atom. The van der Waals surface area contributed by atoms with E-state index in [4.69, 9.17) is 0 Å². The van der Waals surface area contributed by atoms with E-state index in [0.717, 1.165) is 11.1 Å². The topological polar surface area (TPSA) is 0 Å². The maximum absolute atomic E-state index is 3.14. The normalized spacial score (nSPS) is 7.40. The van der Waals surface area contributed by atoms with Gasteiger partial charge in [-0.1, -0.05) is 0 Å². The average molecular weight is 182 g/mol. The van der Waals surface area contributed by atoms with Crippen LogP contribution in [0.25, 0.3) is 0 Å². The Kier molecular flexibility index (Phi) is 12.2. The molecule has 0 amide bonds. The minimum atomic E-state index is 0. The summed E-state index contributed by atoms with van der Waals surface area (Å²) in [5.41, 5.74) is 2.31. The van der Waals surface area contributed by atoms with Crippen LogP contribution in [-0.2, 0) is 0 Å². The molecule has 0 heterocycles. The van der Waals surface area contributed by atoms with Crippen LogP contribution in [0.4, 0.5) is 0 Å². The Balaban J connectivity index is 0. The van der Waals surface area contributed by atoms with Gasteiger partial charge in [-0.3, -0.25) is 23.3 Å². The molecule has 0 aromatic heterocycles. The van der Waals surface area contributed by atoms with E-state index >= 15 is 0 Å². The number of rotatable bonds is 0. The quantitative estimate of drug-likeness (QED) is 0.283. The van der Waals surface area contributed by atoms with E-state index in [1.165, 1.54) is 0 Å². The summed E-state index contributed by atoms with van der Waals surface area (Å²) in [6, 6.07) is 9.98. The smallest absolute Gasteiger partial charge is 0.319 e. The van der Waals surface area contributed by atoms with Crippen molar-refractivity contribution in [1.82, 2.24) is 0 Å². The monoisotopic (exact) mass is 182 g/mol. The van der Waals surface area contributed by atoms with E-state index in [-0.39, 0.29) is 103 Å². The minimum absolute atomic E-state index is 0. The van der Waals surface area contributed by atoms with E-state index in [9.17, 15) is 0 Å². The molecule has 0 radical (unpaired) electrons. The van der Waals surface area contributed by atoms with Gasteiger partial charge in [0.2, 0.25) is 0 Å². The molecule has 0 unspecified atom stereocenters. The second-order valence-corrected chi connectivity index (χ2v) is 1.95. The van der Waals surface area contributed by atoms with Gasteiger partial charge in [-0.15, -0.1) is 13.8 Å². The zero-order chi connectivity index (χ0) is 5.98. The molecule has 0 saturated carbocycles. The Hall–Kier alpha value is 2.49. The molecule has 0 spiro atoms. The molecule has 1 rings (SSSR count). The van der Waals surface area contributed by atoms with E-state index in [0.29, 0.717) is 0 Å². The summed E-state index contributed by atoms with van der Waals surface area (Å²) < 4.78 is 0. The first-order valence-electron chi connectivity index (χ1n) is 2.65. The summed E-state index contributed by atoms with van der Waals surface area (Å²) in [6.45, 7) is 4.03. The van der Waals surface area contributed by atoms with Crippen molar-refractivity contribution >= 4 is 0 Å². The second-order valence-electron chi connectivity index (χ2n) is 1.95. The van der Waals surface area contributed by atoms with Crippen LogP contribution in [0.15, 0.2) is 12.1 Å². The van der Waals surface area contributed by atoms with Crippen molar-refractivity contribution < 1.29 is 103 Å². The molecule has 0 bridgehead atoms. The summed E-state index contributed by atoms with van der Waals surface area (Å²) >= 11 is 0. The standard InChI is InChI=1S/C8H8.2K/c1-7-4-3-5-8(2)6-7;;/h4-5H,1-2H3;;/q-2;2*+1. The molecule has 0 fully saturated rings. The van der Waals surface area contributed by atoms with Crippen LogP contribution in [0, 0.1) is 26.0 Å². The number of aryl methyl sites for hydroxylation is 2. The van der Waals surface area contributed by atoms with Gasteiger partial charge in [0.25, 0.3) is 0 Å². The van der Waals surface area contributed by atoms with Gasteiger partial charge in [-0.25, -0.2) is 0 Å². The maximum Gasteiger partial charge on any atom is 1.00 e. The van der Waals surface area contributed by atoms with Crippen LogP contribution in [0.1, 0.15) is 11.1 Å². The molecule has 2 heteroatoms. The van der Waals surface area contributed by atoms with Gasteiger partial charge in [-0.05, 0) is 0 Å². The molecule has 42 valence electrons. The Labute approximate surface area is 148 Å². The molecular formula is C8H8K2. The molecule has 0 aliphatic carbocycles. The Morgan fingerprint density at radius 1 is 1.00 bits per heavy atom. The molecule has 0 saturated heterocycles. The van der Waals surface area contributed by atoms with Crippen molar-refractivity contribution in [3.8, 4) is 0 Å². The van der Waals surface area contributed by atoms with E-state index < -0.39 is 0 Å². The van der Waals surface area contributed by atoms with Crippen LogP contribution in [0.5, 0.6) is 0 Å². The third-order valence-electron chi connectivity index (χ3n) is 0.994. The summed E-state index contributed by atoms with van der Waals surface area (Å²) in [5, 5.41) is 0. The molecule has 1 aromatic carbocycles. The first kappa shape index (κ1) is 15.0. The van der Waals surface area contributed by atoms with Gasteiger partial charge in [0.15, 0.2) is 0 Å². The van der Waals surface area contributed by atoms with Crippen LogP contribution in [-0.4, -0.2) is 0 Å². The molecular weight excluding hydrogens is 174 g/mol. The average Bonchev–Trinajstić information content (AvgIpc) is 1.64. The second kappa shape index (κ2) is 8.11. The van der Waals surface area contributed by atoms with Gasteiger partial charge in [0, 0.05) is 0 Å². The van der Waals surface area contributed by atoms with Crippen LogP contribution < -0.4 is 103 Å². The molecule has 1 aromatic rings. The maximum atomic E-state index is 3.14. The number of hydrogen-bond donors (Lipinski definition) is 0.